The summed E-state index contributed by atoms with van der Waals surface area (Å²) in [6.45, 7) is 9.83. The summed E-state index contributed by atoms with van der Waals surface area (Å²) in [5.41, 5.74) is 3.49. The second-order valence-corrected chi connectivity index (χ2v) is 14.8. The molecule has 0 bridgehead atoms. The average Bonchev–Trinajstić information content (AvgIpc) is 3.06. The van der Waals surface area contributed by atoms with Gasteiger partial charge < -0.3 is 10.1 Å². The van der Waals surface area contributed by atoms with Crippen molar-refractivity contribution in [1.29, 1.82) is 0 Å². The Kier molecular flexibility index (Phi) is 8.01. The minimum atomic E-state index is -1.19. The predicted molar refractivity (Wildman–Crippen MR) is 133 cm³/mol. The van der Waals surface area contributed by atoms with Gasteiger partial charge in [0.05, 0.1) is 5.69 Å². The number of pyridine rings is 1. The normalized spacial score (nSPS) is 11.8. The predicted octanol–water partition coefficient (Wildman–Crippen LogP) is 5.87. The summed E-state index contributed by atoms with van der Waals surface area (Å²) in [6.07, 6.45) is 6.70. The summed E-state index contributed by atoms with van der Waals surface area (Å²) in [5.74, 6) is 0.378. The Morgan fingerprint density at radius 2 is 1.84 bits per heavy atom. The van der Waals surface area contributed by atoms with Crippen LogP contribution in [0.2, 0.25) is 30.7 Å². The fraction of sp³-hybridized carbons (Fsp3) is 0.292. The van der Waals surface area contributed by atoms with E-state index in [0.717, 1.165) is 28.4 Å². The van der Waals surface area contributed by atoms with E-state index in [1.54, 1.807) is 35.3 Å². The molecule has 0 saturated carbocycles. The van der Waals surface area contributed by atoms with Gasteiger partial charge in [-0.25, -0.2) is 4.68 Å². The van der Waals surface area contributed by atoms with Crippen molar-refractivity contribution in [3.05, 3.63) is 71.0 Å². The van der Waals surface area contributed by atoms with E-state index in [1.807, 2.05) is 31.2 Å². The van der Waals surface area contributed by atoms with Crippen molar-refractivity contribution in [2.24, 2.45) is 0 Å². The Bertz CT molecular complexity index is 1070. The van der Waals surface area contributed by atoms with Crippen LogP contribution in [0.25, 0.3) is 17.3 Å². The highest BCUT2D eigenvalue weighted by Gasteiger charge is 2.18. The van der Waals surface area contributed by atoms with Gasteiger partial charge in [-0.15, -0.1) is 0 Å². The molecule has 6 nitrogen and oxygen atoms in total. The van der Waals surface area contributed by atoms with E-state index in [0.29, 0.717) is 17.4 Å². The van der Waals surface area contributed by atoms with Crippen molar-refractivity contribution >= 4 is 37.5 Å². The lowest BCUT2D eigenvalue weighted by atomic mass is 10.1. The second-order valence-electron chi connectivity index (χ2n) is 8.78. The molecule has 0 saturated heterocycles. The van der Waals surface area contributed by atoms with Crippen molar-refractivity contribution in [3.8, 4) is 11.3 Å². The number of hydrogen-bond donors (Lipinski definition) is 1. The lowest BCUT2D eigenvalue weighted by molar-refractivity contribution is -0.111. The third-order valence-electron chi connectivity index (χ3n) is 4.89. The Labute approximate surface area is 195 Å². The van der Waals surface area contributed by atoms with Gasteiger partial charge >= 0.3 is 0 Å². The summed E-state index contributed by atoms with van der Waals surface area (Å²) < 4.78 is 7.62. The molecule has 0 unspecified atom stereocenters. The van der Waals surface area contributed by atoms with Gasteiger partial charge in [-0.05, 0) is 48.9 Å². The number of carbonyl (C=O) groups excluding carboxylic acids is 1. The van der Waals surface area contributed by atoms with Crippen LogP contribution >= 0.6 is 11.6 Å². The number of benzene rings is 1. The molecule has 168 valence electrons. The minimum absolute atomic E-state index is 0.243. The molecular formula is C24H29ClN4O2Si. The third kappa shape index (κ3) is 6.88. The number of ether oxygens (including phenoxy) is 1. The summed E-state index contributed by atoms with van der Waals surface area (Å²) in [6, 6.07) is 12.2. The van der Waals surface area contributed by atoms with Gasteiger partial charge in [-0.2, -0.15) is 5.10 Å². The van der Waals surface area contributed by atoms with Crippen molar-refractivity contribution < 1.29 is 9.53 Å². The van der Waals surface area contributed by atoms with E-state index < -0.39 is 8.07 Å². The number of nitrogens with one attached hydrogen (secondary N) is 1. The molecule has 0 aliphatic carbocycles. The van der Waals surface area contributed by atoms with Crippen LogP contribution in [0.15, 0.2) is 54.9 Å². The van der Waals surface area contributed by atoms with Gasteiger partial charge in [0.15, 0.2) is 0 Å². The number of hydrogen-bond acceptors (Lipinski definition) is 4. The topological polar surface area (TPSA) is 69.0 Å². The van der Waals surface area contributed by atoms with Crippen molar-refractivity contribution in [2.75, 3.05) is 11.9 Å². The summed E-state index contributed by atoms with van der Waals surface area (Å²) >= 11 is 5.92. The monoisotopic (exact) mass is 468 g/mol. The molecule has 1 amide bonds. The van der Waals surface area contributed by atoms with E-state index in [-0.39, 0.29) is 12.6 Å². The van der Waals surface area contributed by atoms with E-state index in [9.17, 15) is 4.79 Å². The highest BCUT2D eigenvalue weighted by Crippen LogP contribution is 2.28. The van der Waals surface area contributed by atoms with Crippen LogP contribution in [0.5, 0.6) is 0 Å². The first-order valence-corrected chi connectivity index (χ1v) is 14.6. The van der Waals surface area contributed by atoms with Crippen molar-refractivity contribution in [3.63, 3.8) is 0 Å². The maximum absolute atomic E-state index is 12.7. The fourth-order valence-corrected chi connectivity index (χ4v) is 3.90. The van der Waals surface area contributed by atoms with E-state index in [4.69, 9.17) is 21.4 Å². The molecule has 32 heavy (non-hydrogen) atoms. The zero-order chi connectivity index (χ0) is 23.1. The summed E-state index contributed by atoms with van der Waals surface area (Å²) in [4.78, 5) is 16.7. The smallest absolute Gasteiger partial charge is 0.249 e. The largest absolute Gasteiger partial charge is 0.359 e. The first kappa shape index (κ1) is 23.9. The molecule has 2 aromatic heterocycles. The first-order chi connectivity index (χ1) is 15.2. The quantitative estimate of drug-likeness (QED) is 0.242. The molecule has 8 heteroatoms. The Morgan fingerprint density at radius 3 is 2.50 bits per heavy atom. The molecule has 0 aliphatic heterocycles. The van der Waals surface area contributed by atoms with Crippen molar-refractivity contribution in [1.82, 2.24) is 14.8 Å². The van der Waals surface area contributed by atoms with Crippen LogP contribution in [0.1, 0.15) is 11.1 Å². The van der Waals surface area contributed by atoms with Gasteiger partial charge in [0.2, 0.25) is 5.91 Å². The second kappa shape index (κ2) is 10.7. The van der Waals surface area contributed by atoms with Crippen LogP contribution < -0.4 is 5.32 Å². The molecule has 1 N–H and O–H groups in total. The number of rotatable bonds is 9. The Morgan fingerprint density at radius 1 is 1.16 bits per heavy atom. The number of nitrogens with zero attached hydrogens (tertiary/aromatic N) is 3. The Balaban J connectivity index is 1.79. The molecule has 0 spiro atoms. The number of aromatic nitrogens is 3. The van der Waals surface area contributed by atoms with Crippen LogP contribution in [0.4, 0.5) is 5.82 Å². The molecule has 0 fully saturated rings. The SMILES string of the molecule is Cc1c(-c2ccncc2)nn(COCC[Si](C)(C)C)c1NC(=O)/C=C/c1ccc(Cl)cc1. The average molecular weight is 469 g/mol. The maximum atomic E-state index is 12.7. The lowest BCUT2D eigenvalue weighted by Gasteiger charge is -2.16. The number of anilines is 1. The van der Waals surface area contributed by atoms with E-state index >= 15 is 0 Å². The first-order valence-electron chi connectivity index (χ1n) is 10.5. The van der Waals surface area contributed by atoms with Gasteiger partial charge in [0.1, 0.15) is 12.5 Å². The maximum Gasteiger partial charge on any atom is 0.249 e. The van der Waals surface area contributed by atoms with Gasteiger partial charge in [-0.3, -0.25) is 9.78 Å². The molecule has 2 heterocycles. The fourth-order valence-electron chi connectivity index (χ4n) is 3.02. The number of carbonyl (C=O) groups is 1. The molecule has 3 aromatic rings. The minimum Gasteiger partial charge on any atom is -0.359 e. The molecule has 3 rings (SSSR count). The number of amides is 1. The highest BCUT2D eigenvalue weighted by atomic mass is 35.5. The molecule has 0 atom stereocenters. The highest BCUT2D eigenvalue weighted by molar-refractivity contribution is 6.76. The van der Waals surface area contributed by atoms with Gasteiger partial charge in [0.25, 0.3) is 0 Å². The lowest BCUT2D eigenvalue weighted by Crippen LogP contribution is -2.22. The molecule has 1 aromatic carbocycles. The summed E-state index contributed by atoms with van der Waals surface area (Å²) in [5, 5.41) is 8.34. The van der Waals surface area contributed by atoms with Crippen LogP contribution in [-0.4, -0.2) is 35.4 Å². The van der Waals surface area contributed by atoms with Crippen LogP contribution in [0.3, 0.4) is 0 Å². The Hall–Kier alpha value is -2.74. The summed E-state index contributed by atoms with van der Waals surface area (Å²) in [7, 11) is -1.19. The van der Waals surface area contributed by atoms with Crippen molar-refractivity contribution in [2.45, 2.75) is 39.3 Å². The molecule has 0 aliphatic rings. The zero-order valence-corrected chi connectivity index (χ0v) is 20.7. The van der Waals surface area contributed by atoms with Gasteiger partial charge in [0, 0.05) is 49.3 Å². The van der Waals surface area contributed by atoms with Gasteiger partial charge in [-0.1, -0.05) is 43.4 Å². The third-order valence-corrected chi connectivity index (χ3v) is 6.85. The molecular weight excluding hydrogens is 440 g/mol. The number of halogens is 1. The van der Waals surface area contributed by atoms with E-state index in [1.165, 1.54) is 6.08 Å². The zero-order valence-electron chi connectivity index (χ0n) is 18.9. The van der Waals surface area contributed by atoms with E-state index in [2.05, 4.69) is 29.9 Å². The standard InChI is InChI=1S/C24H29ClN4O2Si/c1-18-23(20-11-13-26-14-12-20)28-29(17-31-15-16-32(2,3)4)24(18)27-22(30)10-7-19-5-8-21(25)9-6-19/h5-14H,15-17H2,1-4H3,(H,27,30)/b10-7+. The molecule has 0 radical (unpaired) electrons. The van der Waals surface area contributed by atoms with Crippen LogP contribution in [0, 0.1) is 6.92 Å². The van der Waals surface area contributed by atoms with Crippen LogP contribution in [-0.2, 0) is 16.3 Å².